The minimum absolute atomic E-state index is 0.0344. The Kier molecular flexibility index (Phi) is 8.47. The number of fused-ring (bicyclic) bond motifs is 1. The number of aromatic nitrogens is 2. The molecule has 0 radical (unpaired) electrons. The number of piperidine rings is 1. The van der Waals surface area contributed by atoms with Crippen molar-refractivity contribution in [3.63, 3.8) is 0 Å². The van der Waals surface area contributed by atoms with Gasteiger partial charge in [0.2, 0.25) is 0 Å². The molecule has 0 bridgehead atoms. The van der Waals surface area contributed by atoms with Crippen molar-refractivity contribution in [1.82, 2.24) is 14.7 Å². The summed E-state index contributed by atoms with van der Waals surface area (Å²) in [5.74, 6) is 0.232. The average Bonchev–Trinajstić information content (AvgIpc) is 3.19. The fourth-order valence-electron chi connectivity index (χ4n) is 5.14. The molecular weight excluding hydrogens is 450 g/mol. The van der Waals surface area contributed by atoms with Gasteiger partial charge in [-0.3, -0.25) is 14.4 Å². The zero-order valence-corrected chi connectivity index (χ0v) is 21.9. The van der Waals surface area contributed by atoms with Crippen LogP contribution in [-0.2, 0) is 24.5 Å². The number of aryl methyl sites for hydroxylation is 1. The zero-order chi connectivity index (χ0) is 25.7. The van der Waals surface area contributed by atoms with Gasteiger partial charge in [0.1, 0.15) is 12.4 Å². The summed E-state index contributed by atoms with van der Waals surface area (Å²) in [6.45, 7) is 15.0. The molecule has 36 heavy (non-hydrogen) atoms. The van der Waals surface area contributed by atoms with Gasteiger partial charge >= 0.3 is 5.97 Å². The van der Waals surface area contributed by atoms with Crippen LogP contribution in [0.25, 0.3) is 10.9 Å². The number of carboxylic acids is 1. The molecule has 1 aliphatic heterocycles. The fourth-order valence-corrected chi connectivity index (χ4v) is 5.14. The van der Waals surface area contributed by atoms with Crippen LogP contribution in [0.2, 0.25) is 0 Å². The topological polar surface area (TPSA) is 67.6 Å². The van der Waals surface area contributed by atoms with Crippen LogP contribution in [0.1, 0.15) is 67.8 Å². The first-order valence-electron chi connectivity index (χ1n) is 13.1. The van der Waals surface area contributed by atoms with Crippen LogP contribution in [0, 0.1) is 12.8 Å². The standard InChI is InChI=1S/C30H39N3O3/c1-5-23(17-29(34)35)24-9-12-26(13-10-24)36-20-25-11-14-27-28(19-32-15-7-6-8-16-32)31-33(18-21(2)3)30(27)22(25)4/h5,9-14,21,23H,1,6-8,15-20H2,2-4H3,(H,34,35)/t23-/m0/s1. The lowest BCUT2D eigenvalue weighted by Gasteiger charge is -2.25. The maximum Gasteiger partial charge on any atom is 0.304 e. The lowest BCUT2D eigenvalue weighted by molar-refractivity contribution is -0.137. The van der Waals surface area contributed by atoms with Crippen molar-refractivity contribution >= 4 is 16.9 Å². The maximum atomic E-state index is 11.1. The molecule has 6 heteroatoms. The van der Waals surface area contributed by atoms with Crippen molar-refractivity contribution in [3.8, 4) is 5.75 Å². The Morgan fingerprint density at radius 1 is 1.14 bits per heavy atom. The predicted molar refractivity (Wildman–Crippen MR) is 144 cm³/mol. The summed E-state index contributed by atoms with van der Waals surface area (Å²) < 4.78 is 8.34. The zero-order valence-electron chi connectivity index (χ0n) is 21.9. The number of carboxylic acid groups (broad SMARTS) is 1. The van der Waals surface area contributed by atoms with Gasteiger partial charge in [0.25, 0.3) is 0 Å². The van der Waals surface area contributed by atoms with Gasteiger partial charge in [-0.15, -0.1) is 6.58 Å². The van der Waals surface area contributed by atoms with E-state index in [0.717, 1.165) is 43.1 Å². The van der Waals surface area contributed by atoms with Gasteiger partial charge < -0.3 is 9.84 Å². The van der Waals surface area contributed by atoms with Gasteiger partial charge in [0, 0.05) is 24.4 Å². The van der Waals surface area contributed by atoms with E-state index >= 15 is 0 Å². The van der Waals surface area contributed by atoms with Crippen LogP contribution in [-0.4, -0.2) is 38.8 Å². The minimum atomic E-state index is -0.832. The van der Waals surface area contributed by atoms with Gasteiger partial charge in [0.15, 0.2) is 0 Å². The molecule has 1 aliphatic rings. The number of carbonyl (C=O) groups is 1. The summed E-state index contributed by atoms with van der Waals surface area (Å²) in [5.41, 5.74) is 5.69. The van der Waals surface area contributed by atoms with Crippen LogP contribution in [0.15, 0.2) is 49.1 Å². The number of rotatable bonds is 11. The smallest absolute Gasteiger partial charge is 0.304 e. The Hall–Kier alpha value is -3.12. The number of ether oxygens (including phenoxy) is 1. The second-order valence-corrected chi connectivity index (χ2v) is 10.4. The molecule has 2 aromatic carbocycles. The Bertz CT molecular complexity index is 1190. The Morgan fingerprint density at radius 2 is 1.86 bits per heavy atom. The number of allylic oxidation sites excluding steroid dienone is 1. The molecule has 0 amide bonds. The third-order valence-corrected chi connectivity index (χ3v) is 7.10. The van der Waals surface area contributed by atoms with Crippen molar-refractivity contribution in [2.75, 3.05) is 13.1 Å². The molecule has 3 aromatic rings. The summed E-state index contributed by atoms with van der Waals surface area (Å²) >= 11 is 0. The van der Waals surface area contributed by atoms with Crippen LogP contribution >= 0.6 is 0 Å². The second-order valence-electron chi connectivity index (χ2n) is 10.4. The van der Waals surface area contributed by atoms with Gasteiger partial charge in [-0.2, -0.15) is 5.10 Å². The molecule has 2 heterocycles. The van der Waals surface area contributed by atoms with Crippen LogP contribution in [0.4, 0.5) is 0 Å². The van der Waals surface area contributed by atoms with Gasteiger partial charge in [0.05, 0.1) is 17.6 Å². The quantitative estimate of drug-likeness (QED) is 0.320. The van der Waals surface area contributed by atoms with Gasteiger partial charge in [-0.25, -0.2) is 0 Å². The first-order valence-corrected chi connectivity index (χ1v) is 13.1. The molecule has 1 aromatic heterocycles. The van der Waals surface area contributed by atoms with Gasteiger partial charge in [-0.05, 0) is 67.6 Å². The average molecular weight is 490 g/mol. The Morgan fingerprint density at radius 3 is 2.50 bits per heavy atom. The largest absolute Gasteiger partial charge is 0.489 e. The van der Waals surface area contributed by atoms with E-state index < -0.39 is 5.97 Å². The molecule has 4 rings (SSSR count). The fraction of sp³-hybridized carbons (Fsp3) is 0.467. The highest BCUT2D eigenvalue weighted by Gasteiger charge is 2.19. The van der Waals surface area contributed by atoms with Crippen LogP contribution in [0.3, 0.4) is 0 Å². The molecule has 0 saturated carbocycles. The van der Waals surface area contributed by atoms with Crippen molar-refractivity contribution in [2.24, 2.45) is 5.92 Å². The molecule has 0 unspecified atom stereocenters. The van der Waals surface area contributed by atoms with Crippen molar-refractivity contribution < 1.29 is 14.6 Å². The number of hydrogen-bond acceptors (Lipinski definition) is 4. The summed E-state index contributed by atoms with van der Waals surface area (Å²) in [6.07, 6.45) is 5.61. The number of benzene rings is 2. The highest BCUT2D eigenvalue weighted by molar-refractivity contribution is 5.86. The molecular formula is C30H39N3O3. The first-order chi connectivity index (χ1) is 17.4. The second kappa shape index (κ2) is 11.7. The predicted octanol–water partition coefficient (Wildman–Crippen LogP) is 6.31. The van der Waals surface area contributed by atoms with E-state index in [0.29, 0.717) is 12.5 Å². The lowest BCUT2D eigenvalue weighted by Crippen LogP contribution is -2.29. The molecule has 1 N–H and O–H groups in total. The Labute approximate surface area is 214 Å². The van der Waals surface area contributed by atoms with Crippen molar-refractivity contribution in [3.05, 3.63) is 71.4 Å². The van der Waals surface area contributed by atoms with E-state index in [2.05, 4.69) is 49.1 Å². The third-order valence-electron chi connectivity index (χ3n) is 7.10. The normalized spacial score (nSPS) is 15.3. The van der Waals surface area contributed by atoms with E-state index in [9.17, 15) is 4.79 Å². The van der Waals surface area contributed by atoms with E-state index in [1.165, 1.54) is 41.4 Å². The SMILES string of the molecule is C=C[C@@H](CC(=O)O)c1ccc(OCc2ccc3c(CN4CCCCC4)nn(CC(C)C)c3c2C)cc1. The molecule has 0 spiro atoms. The summed E-state index contributed by atoms with van der Waals surface area (Å²) in [6, 6.07) is 12.0. The summed E-state index contributed by atoms with van der Waals surface area (Å²) in [5, 5.41) is 15.4. The van der Waals surface area contributed by atoms with E-state index in [-0.39, 0.29) is 12.3 Å². The van der Waals surface area contributed by atoms with Crippen molar-refractivity contribution in [2.45, 2.75) is 72.1 Å². The van der Waals surface area contributed by atoms with E-state index in [1.54, 1.807) is 6.08 Å². The summed E-state index contributed by atoms with van der Waals surface area (Å²) in [4.78, 5) is 13.6. The number of nitrogens with zero attached hydrogens (tertiary/aromatic N) is 3. The van der Waals surface area contributed by atoms with E-state index in [4.69, 9.17) is 14.9 Å². The summed E-state index contributed by atoms with van der Waals surface area (Å²) in [7, 11) is 0. The van der Waals surface area contributed by atoms with Crippen LogP contribution < -0.4 is 4.74 Å². The molecule has 1 saturated heterocycles. The lowest BCUT2D eigenvalue weighted by atomic mass is 9.96. The number of hydrogen-bond donors (Lipinski definition) is 1. The molecule has 1 atom stereocenters. The van der Waals surface area contributed by atoms with Crippen molar-refractivity contribution in [1.29, 1.82) is 0 Å². The molecule has 6 nitrogen and oxygen atoms in total. The first kappa shape index (κ1) is 26.0. The Balaban J connectivity index is 1.53. The molecule has 0 aliphatic carbocycles. The number of likely N-dealkylation sites (tertiary alicyclic amines) is 1. The highest BCUT2D eigenvalue weighted by Crippen LogP contribution is 2.29. The third kappa shape index (κ3) is 6.16. The van der Waals surface area contributed by atoms with Gasteiger partial charge in [-0.1, -0.05) is 50.6 Å². The van der Waals surface area contributed by atoms with E-state index in [1.807, 2.05) is 24.3 Å². The molecule has 1 fully saturated rings. The minimum Gasteiger partial charge on any atom is -0.489 e. The van der Waals surface area contributed by atoms with Crippen LogP contribution in [0.5, 0.6) is 5.75 Å². The highest BCUT2D eigenvalue weighted by atomic mass is 16.5. The monoisotopic (exact) mass is 489 g/mol. The molecule has 192 valence electrons. The maximum absolute atomic E-state index is 11.1. The number of aliphatic carboxylic acids is 1.